The normalized spacial score (nSPS) is 13.0. The lowest BCUT2D eigenvalue weighted by Crippen LogP contribution is -2.35. The van der Waals surface area contributed by atoms with E-state index in [9.17, 15) is 9.59 Å². The van der Waals surface area contributed by atoms with Gasteiger partial charge < -0.3 is 24.3 Å². The Labute approximate surface area is 157 Å². The number of ether oxygens (including phenoxy) is 4. The number of rotatable bonds is 7. The molecule has 1 atom stereocenters. The van der Waals surface area contributed by atoms with Crippen LogP contribution in [0.2, 0.25) is 0 Å². The van der Waals surface area contributed by atoms with Gasteiger partial charge in [-0.2, -0.15) is 0 Å². The third-order valence-corrected chi connectivity index (χ3v) is 4.09. The molecule has 1 amide bonds. The molecule has 3 rings (SSSR count). The summed E-state index contributed by atoms with van der Waals surface area (Å²) in [6, 6.07) is 12.5. The fourth-order valence-electron chi connectivity index (χ4n) is 2.57. The monoisotopic (exact) mass is 371 g/mol. The molecule has 1 aliphatic rings. The van der Waals surface area contributed by atoms with Crippen LogP contribution in [0.25, 0.3) is 0 Å². The van der Waals surface area contributed by atoms with E-state index in [1.807, 2.05) is 18.2 Å². The fraction of sp³-hybridized carbons (Fsp3) is 0.300. The van der Waals surface area contributed by atoms with Crippen LogP contribution in [0.3, 0.4) is 0 Å². The minimum atomic E-state index is -0.662. The van der Waals surface area contributed by atoms with E-state index in [1.54, 1.807) is 31.2 Å². The highest BCUT2D eigenvalue weighted by atomic mass is 16.7. The molecular weight excluding hydrogens is 350 g/mol. The summed E-state index contributed by atoms with van der Waals surface area (Å²) in [5, 5.41) is 2.83. The second-order valence-electron chi connectivity index (χ2n) is 6.06. The maximum atomic E-state index is 12.3. The van der Waals surface area contributed by atoms with Crippen molar-refractivity contribution in [3.63, 3.8) is 0 Å². The van der Waals surface area contributed by atoms with Gasteiger partial charge in [-0.3, -0.25) is 9.59 Å². The summed E-state index contributed by atoms with van der Waals surface area (Å²) in [4.78, 5) is 23.5. The molecule has 0 saturated heterocycles. The summed E-state index contributed by atoms with van der Waals surface area (Å²) >= 11 is 0. The van der Waals surface area contributed by atoms with Crippen LogP contribution in [0, 0.1) is 0 Å². The summed E-state index contributed by atoms with van der Waals surface area (Å²) < 4.78 is 20.9. The summed E-state index contributed by atoms with van der Waals surface area (Å²) in [5.41, 5.74) is 1.72. The average molecular weight is 371 g/mol. The molecule has 2 aromatic carbocycles. The molecular formula is C20H21NO6. The van der Waals surface area contributed by atoms with Crippen LogP contribution in [-0.4, -0.2) is 31.9 Å². The van der Waals surface area contributed by atoms with Crippen molar-refractivity contribution in [2.24, 2.45) is 0 Å². The molecule has 0 radical (unpaired) electrons. The predicted octanol–water partition coefficient (Wildman–Crippen LogP) is 2.21. The Bertz CT molecular complexity index is 818. The third kappa shape index (κ3) is 4.91. The number of benzene rings is 2. The summed E-state index contributed by atoms with van der Waals surface area (Å²) in [5.74, 6) is 1.40. The Balaban J connectivity index is 1.49. The second-order valence-corrected chi connectivity index (χ2v) is 6.06. The number of hydrogen-bond donors (Lipinski definition) is 1. The lowest BCUT2D eigenvalue weighted by Gasteiger charge is -2.15. The van der Waals surface area contributed by atoms with Gasteiger partial charge in [0.1, 0.15) is 5.75 Å². The first-order valence-electron chi connectivity index (χ1n) is 8.54. The van der Waals surface area contributed by atoms with E-state index in [0.29, 0.717) is 23.8 Å². The van der Waals surface area contributed by atoms with Crippen LogP contribution in [0.15, 0.2) is 42.5 Å². The standard InChI is InChI=1S/C20H21NO6/c1-13(27-16-6-3-14(4-7-16)10-19(22)24-2)20(23)21-11-15-5-8-17-18(9-15)26-12-25-17/h3-9,13H,10-12H2,1-2H3,(H,21,23)/t13-/m0/s1. The molecule has 0 aromatic heterocycles. The molecule has 27 heavy (non-hydrogen) atoms. The molecule has 7 heteroatoms. The Hall–Kier alpha value is -3.22. The highest BCUT2D eigenvalue weighted by molar-refractivity contribution is 5.80. The molecule has 7 nitrogen and oxygen atoms in total. The first-order chi connectivity index (χ1) is 13.0. The molecule has 0 fully saturated rings. The number of methoxy groups -OCH3 is 1. The second kappa shape index (κ2) is 8.44. The van der Waals surface area contributed by atoms with Crippen LogP contribution in [0.5, 0.6) is 17.2 Å². The van der Waals surface area contributed by atoms with E-state index in [2.05, 4.69) is 10.1 Å². The van der Waals surface area contributed by atoms with Crippen molar-refractivity contribution in [3.8, 4) is 17.2 Å². The minimum Gasteiger partial charge on any atom is -0.481 e. The predicted molar refractivity (Wildman–Crippen MR) is 96.7 cm³/mol. The molecule has 0 unspecified atom stereocenters. The number of carbonyl (C=O) groups is 2. The van der Waals surface area contributed by atoms with Crippen molar-refractivity contribution >= 4 is 11.9 Å². The van der Waals surface area contributed by atoms with E-state index >= 15 is 0 Å². The van der Waals surface area contributed by atoms with Crippen molar-refractivity contribution < 1.29 is 28.5 Å². The maximum absolute atomic E-state index is 12.3. The number of amides is 1. The molecule has 2 aromatic rings. The zero-order chi connectivity index (χ0) is 19.2. The molecule has 0 spiro atoms. The van der Waals surface area contributed by atoms with E-state index < -0.39 is 6.10 Å². The van der Waals surface area contributed by atoms with Crippen LogP contribution >= 0.6 is 0 Å². The van der Waals surface area contributed by atoms with Gasteiger partial charge in [-0.25, -0.2) is 0 Å². The summed E-state index contributed by atoms with van der Waals surface area (Å²) in [7, 11) is 1.35. The van der Waals surface area contributed by atoms with Gasteiger partial charge in [-0.1, -0.05) is 18.2 Å². The quantitative estimate of drug-likeness (QED) is 0.752. The first kappa shape index (κ1) is 18.6. The van der Waals surface area contributed by atoms with Crippen molar-refractivity contribution in [1.29, 1.82) is 0 Å². The van der Waals surface area contributed by atoms with Gasteiger partial charge >= 0.3 is 5.97 Å². The zero-order valence-electron chi connectivity index (χ0n) is 15.2. The molecule has 1 N–H and O–H groups in total. The first-order valence-corrected chi connectivity index (χ1v) is 8.54. The number of nitrogens with one attached hydrogen (secondary N) is 1. The summed E-state index contributed by atoms with van der Waals surface area (Å²) in [6.07, 6.45) is -0.465. The summed E-state index contributed by atoms with van der Waals surface area (Å²) in [6.45, 7) is 2.26. The highest BCUT2D eigenvalue weighted by Crippen LogP contribution is 2.32. The maximum Gasteiger partial charge on any atom is 0.309 e. The molecule has 142 valence electrons. The van der Waals surface area contributed by atoms with Crippen LogP contribution < -0.4 is 19.5 Å². The van der Waals surface area contributed by atoms with Crippen molar-refractivity contribution in [2.45, 2.75) is 26.0 Å². The van der Waals surface area contributed by atoms with Crippen LogP contribution in [0.4, 0.5) is 0 Å². The van der Waals surface area contributed by atoms with Crippen molar-refractivity contribution in [3.05, 3.63) is 53.6 Å². The Morgan fingerprint density at radius 3 is 2.52 bits per heavy atom. The highest BCUT2D eigenvalue weighted by Gasteiger charge is 2.16. The fourth-order valence-corrected chi connectivity index (χ4v) is 2.57. The largest absolute Gasteiger partial charge is 0.481 e. The molecule has 1 heterocycles. The number of hydrogen-bond acceptors (Lipinski definition) is 6. The van der Waals surface area contributed by atoms with E-state index in [-0.39, 0.29) is 25.1 Å². The van der Waals surface area contributed by atoms with Gasteiger partial charge in [0.15, 0.2) is 17.6 Å². The van der Waals surface area contributed by atoms with Crippen molar-refractivity contribution in [2.75, 3.05) is 13.9 Å². The van der Waals surface area contributed by atoms with Gasteiger partial charge in [0.2, 0.25) is 6.79 Å². The van der Waals surface area contributed by atoms with Crippen LogP contribution in [-0.2, 0) is 27.3 Å². The Kier molecular flexibility index (Phi) is 5.80. The lowest BCUT2D eigenvalue weighted by molar-refractivity contribution is -0.139. The number of esters is 1. The molecule has 0 aliphatic carbocycles. The van der Waals surface area contributed by atoms with Gasteiger partial charge in [0.25, 0.3) is 5.91 Å². The Morgan fingerprint density at radius 1 is 1.07 bits per heavy atom. The molecule has 0 bridgehead atoms. The smallest absolute Gasteiger partial charge is 0.309 e. The molecule has 1 aliphatic heterocycles. The van der Waals surface area contributed by atoms with E-state index in [4.69, 9.17) is 14.2 Å². The van der Waals surface area contributed by atoms with E-state index in [0.717, 1.165) is 11.1 Å². The van der Waals surface area contributed by atoms with Gasteiger partial charge in [0, 0.05) is 6.54 Å². The molecule has 0 saturated carbocycles. The van der Waals surface area contributed by atoms with Gasteiger partial charge in [-0.05, 0) is 42.3 Å². The SMILES string of the molecule is COC(=O)Cc1ccc(O[C@@H](C)C(=O)NCc2ccc3c(c2)OCO3)cc1. The Morgan fingerprint density at radius 2 is 1.78 bits per heavy atom. The topological polar surface area (TPSA) is 83.1 Å². The lowest BCUT2D eigenvalue weighted by atomic mass is 10.1. The zero-order valence-corrected chi connectivity index (χ0v) is 15.2. The average Bonchev–Trinajstić information content (AvgIpc) is 3.15. The number of fused-ring (bicyclic) bond motifs is 1. The van der Waals surface area contributed by atoms with Gasteiger partial charge in [0.05, 0.1) is 13.5 Å². The number of carbonyl (C=O) groups excluding carboxylic acids is 2. The van der Waals surface area contributed by atoms with Crippen molar-refractivity contribution in [1.82, 2.24) is 5.32 Å². The van der Waals surface area contributed by atoms with E-state index in [1.165, 1.54) is 7.11 Å². The minimum absolute atomic E-state index is 0.197. The third-order valence-electron chi connectivity index (χ3n) is 4.09. The van der Waals surface area contributed by atoms with Crippen LogP contribution in [0.1, 0.15) is 18.1 Å². The van der Waals surface area contributed by atoms with Gasteiger partial charge in [-0.15, -0.1) is 0 Å².